The molecule has 1 unspecified atom stereocenters. The minimum atomic E-state index is -0.0816. The van der Waals surface area contributed by atoms with Crippen LogP contribution in [0.5, 0.6) is 5.75 Å². The molecule has 1 saturated heterocycles. The number of likely N-dealkylation sites (N-methyl/N-ethyl adjacent to an activating group) is 1. The molecular weight excluding hydrogens is 340 g/mol. The molecule has 0 amide bonds. The van der Waals surface area contributed by atoms with Gasteiger partial charge in [0.05, 0.1) is 5.60 Å². The van der Waals surface area contributed by atoms with Crippen LogP contribution < -0.4 is 15.4 Å². The Labute approximate surface area is 164 Å². The van der Waals surface area contributed by atoms with Gasteiger partial charge in [0.25, 0.3) is 0 Å². The summed E-state index contributed by atoms with van der Waals surface area (Å²) in [6.45, 7) is 12.6. The summed E-state index contributed by atoms with van der Waals surface area (Å²) in [4.78, 5) is 6.65. The summed E-state index contributed by atoms with van der Waals surface area (Å²) in [5, 5.41) is 6.72. The number of hydrogen-bond acceptors (Lipinski definition) is 4. The Balaban J connectivity index is 1.71. The Morgan fingerprint density at radius 3 is 2.56 bits per heavy atom. The smallest absolute Gasteiger partial charge is 0.191 e. The lowest BCUT2D eigenvalue weighted by Crippen LogP contribution is -2.45. The number of aliphatic imine (C=N–C) groups is 1. The minimum Gasteiger partial charge on any atom is -0.492 e. The van der Waals surface area contributed by atoms with E-state index in [0.29, 0.717) is 0 Å². The molecule has 0 bridgehead atoms. The molecule has 27 heavy (non-hydrogen) atoms. The standard InChI is InChI=1S/C21H36N4O2/c1-5-25(6-2)13-15-26-19-10-8-18(9-11-19)16-23-20(22-4)24-17-21(3)12-7-14-27-21/h8-11H,5-7,12-17H2,1-4H3,(H2,22,23,24). The second-order valence-electron chi connectivity index (χ2n) is 7.20. The van der Waals surface area contributed by atoms with Gasteiger partial charge in [-0.25, -0.2) is 0 Å². The van der Waals surface area contributed by atoms with Crippen molar-refractivity contribution >= 4 is 5.96 Å². The van der Waals surface area contributed by atoms with Crippen LogP contribution in [0.25, 0.3) is 0 Å². The fraction of sp³-hybridized carbons (Fsp3) is 0.667. The quantitative estimate of drug-likeness (QED) is 0.486. The predicted octanol–water partition coefficient (Wildman–Crippen LogP) is 2.64. The van der Waals surface area contributed by atoms with E-state index in [2.05, 4.69) is 53.4 Å². The van der Waals surface area contributed by atoms with E-state index in [1.54, 1.807) is 7.05 Å². The van der Waals surface area contributed by atoms with Crippen molar-refractivity contribution in [1.29, 1.82) is 0 Å². The van der Waals surface area contributed by atoms with Crippen LogP contribution in [0.4, 0.5) is 0 Å². The molecule has 0 spiro atoms. The van der Waals surface area contributed by atoms with Crippen LogP contribution in [0.15, 0.2) is 29.3 Å². The lowest BCUT2D eigenvalue weighted by molar-refractivity contribution is 0.0243. The molecule has 152 valence electrons. The van der Waals surface area contributed by atoms with E-state index in [-0.39, 0.29) is 5.60 Å². The molecule has 6 heteroatoms. The van der Waals surface area contributed by atoms with Crippen molar-refractivity contribution in [2.75, 3.05) is 46.4 Å². The third-order valence-electron chi connectivity index (χ3n) is 5.11. The zero-order valence-corrected chi connectivity index (χ0v) is 17.4. The molecular formula is C21H36N4O2. The lowest BCUT2D eigenvalue weighted by Gasteiger charge is -2.24. The summed E-state index contributed by atoms with van der Waals surface area (Å²) < 4.78 is 11.6. The van der Waals surface area contributed by atoms with Crippen LogP contribution in [0, 0.1) is 0 Å². The highest BCUT2D eigenvalue weighted by atomic mass is 16.5. The van der Waals surface area contributed by atoms with Gasteiger partial charge in [0.2, 0.25) is 0 Å². The molecule has 1 aromatic carbocycles. The average Bonchev–Trinajstić information content (AvgIpc) is 3.13. The molecule has 1 heterocycles. The van der Waals surface area contributed by atoms with Gasteiger partial charge < -0.3 is 25.0 Å². The molecule has 0 aromatic heterocycles. The van der Waals surface area contributed by atoms with Crippen molar-refractivity contribution in [3.8, 4) is 5.75 Å². The fourth-order valence-electron chi connectivity index (χ4n) is 3.19. The fourth-order valence-corrected chi connectivity index (χ4v) is 3.19. The third-order valence-corrected chi connectivity index (χ3v) is 5.11. The first-order chi connectivity index (χ1) is 13.1. The molecule has 1 aliphatic rings. The minimum absolute atomic E-state index is 0.0816. The molecule has 0 radical (unpaired) electrons. The van der Waals surface area contributed by atoms with Crippen molar-refractivity contribution in [1.82, 2.24) is 15.5 Å². The van der Waals surface area contributed by atoms with Crippen LogP contribution in [0.3, 0.4) is 0 Å². The van der Waals surface area contributed by atoms with Crippen LogP contribution in [-0.4, -0.2) is 62.9 Å². The second kappa shape index (κ2) is 11.1. The van der Waals surface area contributed by atoms with Crippen molar-refractivity contribution in [2.45, 2.75) is 45.8 Å². The second-order valence-corrected chi connectivity index (χ2v) is 7.20. The Bertz CT molecular complexity index is 564. The van der Waals surface area contributed by atoms with E-state index in [1.807, 2.05) is 12.1 Å². The molecule has 2 rings (SSSR count). The van der Waals surface area contributed by atoms with Gasteiger partial charge in [0.15, 0.2) is 5.96 Å². The summed E-state index contributed by atoms with van der Waals surface area (Å²) in [6, 6.07) is 8.24. The van der Waals surface area contributed by atoms with E-state index in [9.17, 15) is 0 Å². The summed E-state index contributed by atoms with van der Waals surface area (Å²) in [5.74, 6) is 1.71. The van der Waals surface area contributed by atoms with Gasteiger partial charge in [-0.05, 0) is 50.6 Å². The molecule has 1 aromatic rings. The highest BCUT2D eigenvalue weighted by Crippen LogP contribution is 2.23. The molecule has 1 atom stereocenters. The van der Waals surface area contributed by atoms with Gasteiger partial charge >= 0.3 is 0 Å². The highest BCUT2D eigenvalue weighted by molar-refractivity contribution is 5.79. The summed E-state index contributed by atoms with van der Waals surface area (Å²) in [6.07, 6.45) is 2.22. The number of nitrogens with zero attached hydrogens (tertiary/aromatic N) is 2. The Kier molecular flexibility index (Phi) is 8.88. The number of nitrogens with one attached hydrogen (secondary N) is 2. The summed E-state index contributed by atoms with van der Waals surface area (Å²) in [5.41, 5.74) is 1.11. The van der Waals surface area contributed by atoms with Gasteiger partial charge in [-0.1, -0.05) is 26.0 Å². The van der Waals surface area contributed by atoms with Crippen molar-refractivity contribution < 1.29 is 9.47 Å². The van der Waals surface area contributed by atoms with Crippen LogP contribution in [0.2, 0.25) is 0 Å². The number of guanidine groups is 1. The predicted molar refractivity (Wildman–Crippen MR) is 112 cm³/mol. The van der Waals surface area contributed by atoms with Gasteiger partial charge in [-0.3, -0.25) is 4.99 Å². The SMILES string of the molecule is CCN(CC)CCOc1ccc(CNC(=NC)NCC2(C)CCCO2)cc1. The van der Waals surface area contributed by atoms with E-state index < -0.39 is 0 Å². The van der Waals surface area contributed by atoms with Crippen LogP contribution in [-0.2, 0) is 11.3 Å². The van der Waals surface area contributed by atoms with Gasteiger partial charge in [0, 0.05) is 33.3 Å². The zero-order valence-electron chi connectivity index (χ0n) is 17.4. The van der Waals surface area contributed by atoms with Gasteiger partial charge in [-0.15, -0.1) is 0 Å². The lowest BCUT2D eigenvalue weighted by atomic mass is 10.0. The summed E-state index contributed by atoms with van der Waals surface area (Å²) in [7, 11) is 1.79. The number of ether oxygens (including phenoxy) is 2. The molecule has 0 aliphatic carbocycles. The third kappa shape index (κ3) is 7.39. The molecule has 2 N–H and O–H groups in total. The normalized spacial score (nSPS) is 20.1. The first kappa shape index (κ1) is 21.5. The molecule has 1 aliphatic heterocycles. The van der Waals surface area contributed by atoms with E-state index in [0.717, 1.165) is 70.5 Å². The van der Waals surface area contributed by atoms with Crippen molar-refractivity contribution in [2.24, 2.45) is 4.99 Å². The Morgan fingerprint density at radius 1 is 1.22 bits per heavy atom. The van der Waals surface area contributed by atoms with E-state index >= 15 is 0 Å². The van der Waals surface area contributed by atoms with Gasteiger partial charge in [-0.2, -0.15) is 0 Å². The largest absolute Gasteiger partial charge is 0.492 e. The van der Waals surface area contributed by atoms with Gasteiger partial charge in [0.1, 0.15) is 12.4 Å². The molecule has 6 nitrogen and oxygen atoms in total. The maximum absolute atomic E-state index is 5.84. The maximum atomic E-state index is 5.84. The number of benzene rings is 1. The zero-order chi connectivity index (χ0) is 19.5. The molecule has 1 fully saturated rings. The highest BCUT2D eigenvalue weighted by Gasteiger charge is 2.29. The average molecular weight is 377 g/mol. The summed E-state index contributed by atoms with van der Waals surface area (Å²) >= 11 is 0. The van der Waals surface area contributed by atoms with E-state index in [4.69, 9.17) is 9.47 Å². The van der Waals surface area contributed by atoms with Crippen molar-refractivity contribution in [3.63, 3.8) is 0 Å². The Morgan fingerprint density at radius 2 is 1.96 bits per heavy atom. The number of hydrogen-bond donors (Lipinski definition) is 2. The molecule has 0 saturated carbocycles. The maximum Gasteiger partial charge on any atom is 0.191 e. The van der Waals surface area contributed by atoms with Crippen LogP contribution in [0.1, 0.15) is 39.2 Å². The topological polar surface area (TPSA) is 58.1 Å². The first-order valence-electron chi connectivity index (χ1n) is 10.1. The van der Waals surface area contributed by atoms with Crippen molar-refractivity contribution in [3.05, 3.63) is 29.8 Å². The monoisotopic (exact) mass is 376 g/mol. The first-order valence-corrected chi connectivity index (χ1v) is 10.1. The van der Waals surface area contributed by atoms with E-state index in [1.165, 1.54) is 5.56 Å². The number of rotatable bonds is 10. The van der Waals surface area contributed by atoms with Crippen LogP contribution >= 0.6 is 0 Å². The Hall–Kier alpha value is -1.79.